The zero-order valence-electron chi connectivity index (χ0n) is 7.36. The van der Waals surface area contributed by atoms with E-state index in [-0.39, 0.29) is 6.04 Å². The van der Waals surface area contributed by atoms with Crippen molar-refractivity contribution in [2.24, 2.45) is 5.73 Å². The van der Waals surface area contributed by atoms with Crippen LogP contribution in [-0.4, -0.2) is 30.4 Å². The fourth-order valence-corrected chi connectivity index (χ4v) is 1.05. The maximum Gasteiger partial charge on any atom is 0.210 e. The van der Waals surface area contributed by atoms with E-state index < -0.39 is 0 Å². The molecule has 1 heterocycles. The fourth-order valence-electron chi connectivity index (χ4n) is 1.05. The van der Waals surface area contributed by atoms with Gasteiger partial charge in [0.2, 0.25) is 6.41 Å². The number of rotatable bonds is 1. The molecule has 0 saturated carbocycles. The lowest BCUT2D eigenvalue weighted by Gasteiger charge is -2.10. The summed E-state index contributed by atoms with van der Waals surface area (Å²) < 4.78 is 0. The van der Waals surface area contributed by atoms with Gasteiger partial charge in [-0.1, -0.05) is 6.92 Å². The molecule has 0 bridgehead atoms. The highest BCUT2D eigenvalue weighted by molar-refractivity contribution is 5.49. The van der Waals surface area contributed by atoms with Crippen molar-refractivity contribution in [1.29, 1.82) is 5.26 Å². The molecular formula is C8H15N3O. The molecule has 2 N–H and O–H groups in total. The van der Waals surface area contributed by atoms with E-state index in [4.69, 9.17) is 11.0 Å². The fraction of sp³-hybridized carbons (Fsp3) is 0.750. The highest BCUT2D eigenvalue weighted by atomic mass is 16.1. The van der Waals surface area contributed by atoms with Crippen LogP contribution in [0.4, 0.5) is 0 Å². The molecule has 1 fully saturated rings. The van der Waals surface area contributed by atoms with E-state index in [9.17, 15) is 4.79 Å². The first-order chi connectivity index (χ1) is 5.79. The molecule has 0 aliphatic carbocycles. The van der Waals surface area contributed by atoms with E-state index in [0.29, 0.717) is 0 Å². The van der Waals surface area contributed by atoms with E-state index in [1.54, 1.807) is 4.90 Å². The Morgan fingerprint density at radius 1 is 1.83 bits per heavy atom. The van der Waals surface area contributed by atoms with Crippen LogP contribution in [0.3, 0.4) is 0 Å². The van der Waals surface area contributed by atoms with Gasteiger partial charge >= 0.3 is 0 Å². The molecule has 4 nitrogen and oxygen atoms in total. The summed E-state index contributed by atoms with van der Waals surface area (Å²) in [6.07, 6.45) is 2.56. The molecule has 0 aromatic heterocycles. The van der Waals surface area contributed by atoms with Gasteiger partial charge in [-0.15, -0.1) is 0 Å². The third-order valence-electron chi connectivity index (χ3n) is 1.58. The molecule has 0 aromatic rings. The molecule has 1 rings (SSSR count). The largest absolute Gasteiger partial charge is 0.331 e. The van der Waals surface area contributed by atoms with E-state index in [0.717, 1.165) is 32.3 Å². The minimum Gasteiger partial charge on any atom is -0.331 e. The molecule has 1 unspecified atom stereocenters. The molecule has 68 valence electrons. The molecule has 0 spiro atoms. The SMILES string of the molecule is CCN.N#CC1CCCN1C=O. The lowest BCUT2D eigenvalue weighted by Crippen LogP contribution is -2.25. The maximum absolute atomic E-state index is 10.2. The molecule has 1 aliphatic heterocycles. The molecule has 4 heteroatoms. The molecule has 1 atom stereocenters. The van der Waals surface area contributed by atoms with Gasteiger partial charge in [-0.25, -0.2) is 0 Å². The van der Waals surface area contributed by atoms with Crippen LogP contribution in [0.2, 0.25) is 0 Å². The Labute approximate surface area is 72.9 Å². The predicted molar refractivity (Wildman–Crippen MR) is 46.1 cm³/mol. The van der Waals surface area contributed by atoms with Crippen LogP contribution in [0.25, 0.3) is 0 Å². The summed E-state index contributed by atoms with van der Waals surface area (Å²) in [7, 11) is 0. The van der Waals surface area contributed by atoms with Crippen molar-refractivity contribution in [3.63, 3.8) is 0 Å². The van der Waals surface area contributed by atoms with Crippen LogP contribution in [-0.2, 0) is 4.79 Å². The smallest absolute Gasteiger partial charge is 0.210 e. The summed E-state index contributed by atoms with van der Waals surface area (Å²) in [6.45, 7) is 3.40. The highest BCUT2D eigenvalue weighted by Crippen LogP contribution is 2.13. The summed E-state index contributed by atoms with van der Waals surface area (Å²) in [6, 6.07) is 1.91. The first-order valence-electron chi connectivity index (χ1n) is 4.10. The third-order valence-corrected chi connectivity index (χ3v) is 1.58. The number of carbonyl (C=O) groups is 1. The van der Waals surface area contributed by atoms with Crippen LogP contribution < -0.4 is 5.73 Å². The second-order valence-electron chi connectivity index (χ2n) is 2.54. The van der Waals surface area contributed by atoms with Gasteiger partial charge in [-0.3, -0.25) is 4.79 Å². The topological polar surface area (TPSA) is 70.1 Å². The lowest BCUT2D eigenvalue weighted by atomic mass is 10.2. The van der Waals surface area contributed by atoms with Crippen molar-refractivity contribution < 1.29 is 4.79 Å². The van der Waals surface area contributed by atoms with Gasteiger partial charge in [0.15, 0.2) is 0 Å². The lowest BCUT2D eigenvalue weighted by molar-refractivity contribution is -0.118. The minimum absolute atomic E-state index is 0.150. The number of nitrogens with zero attached hydrogens (tertiary/aromatic N) is 2. The van der Waals surface area contributed by atoms with Crippen molar-refractivity contribution in [3.8, 4) is 6.07 Å². The number of nitriles is 1. The summed E-state index contributed by atoms with van der Waals surface area (Å²) >= 11 is 0. The molecule has 1 amide bonds. The monoisotopic (exact) mass is 169 g/mol. The van der Waals surface area contributed by atoms with Gasteiger partial charge in [-0.2, -0.15) is 5.26 Å². The number of amides is 1. The second kappa shape index (κ2) is 6.62. The summed E-state index contributed by atoms with van der Waals surface area (Å²) in [4.78, 5) is 11.7. The van der Waals surface area contributed by atoms with Gasteiger partial charge in [0.25, 0.3) is 0 Å². The summed E-state index contributed by atoms with van der Waals surface area (Å²) in [5.41, 5.74) is 4.85. The normalized spacial score (nSPS) is 20.8. The number of nitrogens with two attached hydrogens (primary N) is 1. The molecule has 1 aliphatic rings. The van der Waals surface area contributed by atoms with E-state index >= 15 is 0 Å². The van der Waals surface area contributed by atoms with E-state index in [2.05, 4.69) is 6.07 Å². The van der Waals surface area contributed by atoms with Gasteiger partial charge in [0.1, 0.15) is 6.04 Å². The Hall–Kier alpha value is -1.08. The zero-order valence-corrected chi connectivity index (χ0v) is 7.36. The average Bonchev–Trinajstić information content (AvgIpc) is 2.52. The third kappa shape index (κ3) is 3.35. The first-order valence-corrected chi connectivity index (χ1v) is 4.10. The van der Waals surface area contributed by atoms with Crippen molar-refractivity contribution in [2.45, 2.75) is 25.8 Å². The van der Waals surface area contributed by atoms with Crippen LogP contribution >= 0.6 is 0 Å². The predicted octanol–water partition coefficient (Wildman–Crippen LogP) is 0.0958. The van der Waals surface area contributed by atoms with Crippen molar-refractivity contribution >= 4 is 6.41 Å². The Morgan fingerprint density at radius 3 is 2.75 bits per heavy atom. The Morgan fingerprint density at radius 2 is 2.42 bits per heavy atom. The summed E-state index contributed by atoms with van der Waals surface area (Å²) in [5.74, 6) is 0. The number of likely N-dealkylation sites (tertiary alicyclic amines) is 1. The Balaban J connectivity index is 0.000000354. The zero-order chi connectivity index (χ0) is 9.40. The van der Waals surface area contributed by atoms with Crippen LogP contribution in [0.1, 0.15) is 19.8 Å². The average molecular weight is 169 g/mol. The number of hydrogen-bond donors (Lipinski definition) is 1. The van der Waals surface area contributed by atoms with E-state index in [1.807, 2.05) is 6.92 Å². The molecule has 12 heavy (non-hydrogen) atoms. The second-order valence-corrected chi connectivity index (χ2v) is 2.54. The van der Waals surface area contributed by atoms with Gasteiger partial charge in [0.05, 0.1) is 6.07 Å². The molecule has 1 saturated heterocycles. The van der Waals surface area contributed by atoms with Crippen molar-refractivity contribution in [1.82, 2.24) is 4.90 Å². The maximum atomic E-state index is 10.2. The number of hydrogen-bond acceptors (Lipinski definition) is 3. The van der Waals surface area contributed by atoms with Crippen LogP contribution in [0.15, 0.2) is 0 Å². The Bertz CT molecular complexity index is 164. The van der Waals surface area contributed by atoms with Gasteiger partial charge in [0, 0.05) is 6.54 Å². The number of carbonyl (C=O) groups excluding carboxylic acids is 1. The highest BCUT2D eigenvalue weighted by Gasteiger charge is 2.21. The van der Waals surface area contributed by atoms with Crippen LogP contribution in [0, 0.1) is 11.3 Å². The first kappa shape index (κ1) is 10.9. The van der Waals surface area contributed by atoms with Gasteiger partial charge < -0.3 is 10.6 Å². The van der Waals surface area contributed by atoms with Crippen LogP contribution in [0.5, 0.6) is 0 Å². The van der Waals surface area contributed by atoms with Crippen molar-refractivity contribution in [3.05, 3.63) is 0 Å². The molecular weight excluding hydrogens is 154 g/mol. The minimum atomic E-state index is -0.150. The van der Waals surface area contributed by atoms with Gasteiger partial charge in [-0.05, 0) is 19.4 Å². The van der Waals surface area contributed by atoms with E-state index in [1.165, 1.54) is 0 Å². The standard InChI is InChI=1S/C6H8N2O.C2H7N/c7-4-6-2-1-3-8(6)5-9;1-2-3/h5-6H,1-3H2;2-3H2,1H3. The Kier molecular flexibility index (Phi) is 6.02. The summed E-state index contributed by atoms with van der Waals surface area (Å²) in [5, 5.41) is 8.42. The molecule has 0 aromatic carbocycles. The molecule has 0 radical (unpaired) electrons. The quantitative estimate of drug-likeness (QED) is 0.566. The van der Waals surface area contributed by atoms with Crippen molar-refractivity contribution in [2.75, 3.05) is 13.1 Å².